The zero-order valence-corrected chi connectivity index (χ0v) is 11.9. The van der Waals surface area contributed by atoms with Crippen molar-refractivity contribution < 1.29 is 9.53 Å². The van der Waals surface area contributed by atoms with E-state index in [1.807, 2.05) is 12.1 Å². The number of esters is 1. The summed E-state index contributed by atoms with van der Waals surface area (Å²) in [6, 6.07) is 14.6. The lowest BCUT2D eigenvalue weighted by atomic mass is 9.96. The Bertz CT molecular complexity index is 661. The van der Waals surface area contributed by atoms with Crippen molar-refractivity contribution in [1.82, 2.24) is 0 Å². The molecule has 0 N–H and O–H groups in total. The molecule has 2 aromatic carbocycles. The van der Waals surface area contributed by atoms with Crippen LogP contribution in [0.3, 0.4) is 0 Å². The van der Waals surface area contributed by atoms with Crippen LogP contribution in [0, 0.1) is 5.92 Å². The summed E-state index contributed by atoms with van der Waals surface area (Å²) in [5.41, 5.74) is 1.18. The molecule has 0 saturated carbocycles. The largest absolute Gasteiger partial charge is 0.430 e. The number of benzene rings is 2. The van der Waals surface area contributed by atoms with Gasteiger partial charge in [0.25, 0.3) is 0 Å². The van der Waals surface area contributed by atoms with Crippen LogP contribution in [0.1, 0.15) is 12.0 Å². The van der Waals surface area contributed by atoms with Gasteiger partial charge < -0.3 is 4.74 Å². The van der Waals surface area contributed by atoms with Gasteiger partial charge in [-0.15, -0.1) is 0 Å². The lowest BCUT2D eigenvalue weighted by Crippen LogP contribution is -2.10. The first-order valence-corrected chi connectivity index (χ1v) is 7.16. The fourth-order valence-corrected chi connectivity index (χ4v) is 2.73. The number of carbonyl (C=O) groups excluding carboxylic acids is 1. The lowest BCUT2D eigenvalue weighted by molar-refractivity contribution is -0.138. The molecule has 0 radical (unpaired) electrons. The summed E-state index contributed by atoms with van der Waals surface area (Å²) in [7, 11) is 0. The van der Waals surface area contributed by atoms with Crippen LogP contribution in [0.4, 0.5) is 0 Å². The fourth-order valence-electron chi connectivity index (χ4n) is 2.45. The van der Waals surface area contributed by atoms with Crippen LogP contribution in [0.5, 0.6) is 0 Å². The maximum absolute atomic E-state index is 11.7. The fraction of sp³-hybridized carbons (Fsp3) is 0.188. The second-order valence-electron chi connectivity index (χ2n) is 4.78. The van der Waals surface area contributed by atoms with E-state index in [2.05, 4.69) is 46.3 Å². The Morgan fingerprint density at radius 3 is 2.74 bits per heavy atom. The predicted molar refractivity (Wildman–Crippen MR) is 78.9 cm³/mol. The monoisotopic (exact) mass is 316 g/mol. The van der Waals surface area contributed by atoms with Crippen molar-refractivity contribution in [3.63, 3.8) is 0 Å². The molecule has 96 valence electrons. The smallest absolute Gasteiger partial charge is 0.314 e. The maximum Gasteiger partial charge on any atom is 0.314 e. The second kappa shape index (κ2) is 5.17. The molecule has 2 aromatic rings. The van der Waals surface area contributed by atoms with E-state index in [-0.39, 0.29) is 11.9 Å². The molecular weight excluding hydrogens is 304 g/mol. The third kappa shape index (κ3) is 2.56. The molecule has 1 fully saturated rings. The number of carbonyl (C=O) groups is 1. The first-order valence-electron chi connectivity index (χ1n) is 6.25. The van der Waals surface area contributed by atoms with Gasteiger partial charge in [-0.05, 0) is 22.8 Å². The van der Waals surface area contributed by atoms with Crippen molar-refractivity contribution in [2.24, 2.45) is 5.92 Å². The molecule has 1 atom stereocenters. The molecule has 0 bridgehead atoms. The standard InChI is InChI=1S/C16H13BrO2/c17-10-15-9-14(16(18)19-15)8-11-5-6-12-3-1-2-4-13(12)7-11/h1-7,10,14H,8-9H2/b15-10+. The summed E-state index contributed by atoms with van der Waals surface area (Å²) < 4.78 is 5.16. The maximum atomic E-state index is 11.7. The Morgan fingerprint density at radius 1 is 1.21 bits per heavy atom. The molecule has 2 nitrogen and oxygen atoms in total. The van der Waals surface area contributed by atoms with Crippen LogP contribution in [0.25, 0.3) is 10.8 Å². The molecule has 1 saturated heterocycles. The minimum absolute atomic E-state index is 0.0648. The van der Waals surface area contributed by atoms with Gasteiger partial charge in [0.1, 0.15) is 5.76 Å². The third-order valence-electron chi connectivity index (χ3n) is 3.43. The molecule has 1 unspecified atom stereocenters. The minimum atomic E-state index is -0.126. The van der Waals surface area contributed by atoms with Crippen molar-refractivity contribution in [3.8, 4) is 0 Å². The van der Waals surface area contributed by atoms with Gasteiger partial charge in [0.2, 0.25) is 0 Å². The van der Waals surface area contributed by atoms with Crippen LogP contribution in [0.2, 0.25) is 0 Å². The quantitative estimate of drug-likeness (QED) is 0.777. The molecule has 0 aliphatic carbocycles. The summed E-state index contributed by atoms with van der Waals surface area (Å²) in [4.78, 5) is 13.4. The number of allylic oxidation sites excluding steroid dienone is 1. The van der Waals surface area contributed by atoms with E-state index in [0.29, 0.717) is 6.42 Å². The van der Waals surface area contributed by atoms with Crippen LogP contribution >= 0.6 is 15.9 Å². The predicted octanol–water partition coefficient (Wildman–Crippen LogP) is 4.18. The van der Waals surface area contributed by atoms with Gasteiger partial charge in [-0.25, -0.2) is 0 Å². The molecule has 1 heterocycles. The van der Waals surface area contributed by atoms with E-state index in [1.54, 1.807) is 4.99 Å². The molecule has 3 heteroatoms. The average molecular weight is 317 g/mol. The van der Waals surface area contributed by atoms with E-state index >= 15 is 0 Å². The van der Waals surface area contributed by atoms with Gasteiger partial charge in [-0.1, -0.05) is 58.4 Å². The highest BCUT2D eigenvalue weighted by atomic mass is 79.9. The highest BCUT2D eigenvalue weighted by Crippen LogP contribution is 2.29. The number of rotatable bonds is 2. The lowest BCUT2D eigenvalue weighted by Gasteiger charge is -2.06. The summed E-state index contributed by atoms with van der Waals surface area (Å²) >= 11 is 3.21. The zero-order chi connectivity index (χ0) is 13.2. The van der Waals surface area contributed by atoms with Crippen molar-refractivity contribution in [1.29, 1.82) is 0 Å². The van der Waals surface area contributed by atoms with Crippen LogP contribution < -0.4 is 0 Å². The van der Waals surface area contributed by atoms with Crippen LogP contribution in [0.15, 0.2) is 53.2 Å². The number of halogens is 1. The number of cyclic esters (lactones) is 1. The Morgan fingerprint density at radius 2 is 2.00 bits per heavy atom. The molecule has 19 heavy (non-hydrogen) atoms. The van der Waals surface area contributed by atoms with Gasteiger partial charge in [-0.2, -0.15) is 0 Å². The molecule has 0 amide bonds. The number of fused-ring (bicyclic) bond motifs is 1. The van der Waals surface area contributed by atoms with E-state index in [4.69, 9.17) is 4.74 Å². The third-order valence-corrected chi connectivity index (χ3v) is 3.94. The van der Waals surface area contributed by atoms with Crippen molar-refractivity contribution >= 4 is 32.7 Å². The average Bonchev–Trinajstić information content (AvgIpc) is 2.79. The minimum Gasteiger partial charge on any atom is -0.430 e. The van der Waals surface area contributed by atoms with Crippen molar-refractivity contribution in [2.75, 3.05) is 0 Å². The van der Waals surface area contributed by atoms with Gasteiger partial charge >= 0.3 is 5.97 Å². The SMILES string of the molecule is O=C1O/C(=C/Br)CC1Cc1ccc2ccccc2c1. The molecule has 3 rings (SSSR count). The zero-order valence-electron chi connectivity index (χ0n) is 10.3. The Balaban J connectivity index is 1.84. The van der Waals surface area contributed by atoms with Gasteiger partial charge in [0, 0.05) is 11.4 Å². The number of hydrogen-bond acceptors (Lipinski definition) is 2. The van der Waals surface area contributed by atoms with E-state index in [1.165, 1.54) is 16.3 Å². The van der Waals surface area contributed by atoms with Crippen LogP contribution in [-0.4, -0.2) is 5.97 Å². The van der Waals surface area contributed by atoms with Gasteiger partial charge in [0.05, 0.1) is 5.92 Å². The molecule has 0 spiro atoms. The second-order valence-corrected chi connectivity index (χ2v) is 5.24. The Hall–Kier alpha value is -1.61. The van der Waals surface area contributed by atoms with Gasteiger partial charge in [0.15, 0.2) is 0 Å². The topological polar surface area (TPSA) is 26.3 Å². The van der Waals surface area contributed by atoms with E-state index in [0.717, 1.165) is 12.2 Å². The van der Waals surface area contributed by atoms with Gasteiger partial charge in [-0.3, -0.25) is 4.79 Å². The highest BCUT2D eigenvalue weighted by Gasteiger charge is 2.30. The van der Waals surface area contributed by atoms with Crippen molar-refractivity contribution in [3.05, 3.63) is 58.8 Å². The molecular formula is C16H13BrO2. The van der Waals surface area contributed by atoms with E-state index < -0.39 is 0 Å². The first-order chi connectivity index (χ1) is 9.26. The first kappa shape index (κ1) is 12.4. The number of hydrogen-bond donors (Lipinski definition) is 0. The Kier molecular flexibility index (Phi) is 3.38. The van der Waals surface area contributed by atoms with Crippen LogP contribution in [-0.2, 0) is 16.0 Å². The Labute approximate surface area is 120 Å². The highest BCUT2D eigenvalue weighted by molar-refractivity contribution is 9.11. The summed E-state index contributed by atoms with van der Waals surface area (Å²) in [6.07, 6.45) is 1.41. The van der Waals surface area contributed by atoms with E-state index in [9.17, 15) is 4.79 Å². The summed E-state index contributed by atoms with van der Waals surface area (Å²) in [5, 5.41) is 2.43. The number of ether oxygens (including phenoxy) is 1. The summed E-state index contributed by atoms with van der Waals surface area (Å²) in [5.74, 6) is 0.527. The van der Waals surface area contributed by atoms with Crippen molar-refractivity contribution in [2.45, 2.75) is 12.8 Å². The molecule has 1 aliphatic heterocycles. The normalized spacial score (nSPS) is 21.0. The summed E-state index contributed by atoms with van der Waals surface area (Å²) in [6.45, 7) is 0. The molecule has 0 aromatic heterocycles. The molecule has 1 aliphatic rings.